The number of ether oxygens (including phenoxy) is 1. The van der Waals surface area contributed by atoms with E-state index in [-0.39, 0.29) is 22.9 Å². The van der Waals surface area contributed by atoms with Crippen molar-refractivity contribution in [3.8, 4) is 0 Å². The van der Waals surface area contributed by atoms with Crippen LogP contribution in [0.5, 0.6) is 0 Å². The molecule has 0 aromatic carbocycles. The van der Waals surface area contributed by atoms with Gasteiger partial charge in [-0.05, 0) is 75.5 Å². The highest BCUT2D eigenvalue weighted by molar-refractivity contribution is 5.69. The molecule has 3 fully saturated rings. The first-order valence-electron chi connectivity index (χ1n) is 10.5. The van der Waals surface area contributed by atoms with Crippen molar-refractivity contribution in [3.63, 3.8) is 0 Å². The second kappa shape index (κ2) is 6.40. The molecular formula is C22H34O3. The number of esters is 1. The van der Waals surface area contributed by atoms with Crippen molar-refractivity contribution < 1.29 is 14.6 Å². The lowest BCUT2D eigenvalue weighted by atomic mass is 9.47. The Morgan fingerprint density at radius 1 is 1.24 bits per heavy atom. The molecule has 0 saturated heterocycles. The normalized spacial score (nSPS) is 45.8. The number of carbonyl (C=O) groups excluding carboxylic acids is 1. The van der Waals surface area contributed by atoms with E-state index < -0.39 is 0 Å². The van der Waals surface area contributed by atoms with Crippen LogP contribution in [0.4, 0.5) is 0 Å². The van der Waals surface area contributed by atoms with E-state index in [2.05, 4.69) is 13.0 Å². The molecule has 1 unspecified atom stereocenters. The molecule has 4 rings (SSSR count). The average Bonchev–Trinajstić information content (AvgIpc) is 2.97. The zero-order chi connectivity index (χ0) is 17.7. The second-order valence-electron chi connectivity index (χ2n) is 9.31. The van der Waals surface area contributed by atoms with Crippen LogP contribution in [-0.4, -0.2) is 23.8 Å². The number of hydrogen-bond acceptors (Lipinski definition) is 3. The Labute approximate surface area is 152 Å². The molecule has 0 aromatic heterocycles. The summed E-state index contributed by atoms with van der Waals surface area (Å²) < 4.78 is 5.87. The topological polar surface area (TPSA) is 46.5 Å². The standard InChI is InChI=1S/C22H34O3/c1-3-20(24)25-19-10-9-17-16-8-7-15-6-4-5-12-22(15,14-23)18(16)11-13-21(17,19)2/h6,16-19,23H,3-5,7-14H2,1-2H3/t16-,17-,18+,19?,21-,22+/m0/s1. The van der Waals surface area contributed by atoms with Crippen LogP contribution in [0.25, 0.3) is 0 Å². The Bertz CT molecular complexity index is 568. The molecule has 0 bridgehead atoms. The van der Waals surface area contributed by atoms with Gasteiger partial charge in [0.1, 0.15) is 6.10 Å². The summed E-state index contributed by atoms with van der Waals surface area (Å²) in [7, 11) is 0. The molecule has 140 valence electrons. The molecule has 3 nitrogen and oxygen atoms in total. The van der Waals surface area contributed by atoms with E-state index in [1.54, 1.807) is 5.57 Å². The lowest BCUT2D eigenvalue weighted by Gasteiger charge is -2.58. The van der Waals surface area contributed by atoms with Crippen molar-refractivity contribution in [2.45, 2.75) is 84.2 Å². The van der Waals surface area contributed by atoms with E-state index in [1.165, 1.54) is 44.9 Å². The third-order valence-corrected chi connectivity index (χ3v) is 8.51. The van der Waals surface area contributed by atoms with Gasteiger partial charge in [-0.2, -0.15) is 0 Å². The fourth-order valence-corrected chi connectivity index (χ4v) is 7.22. The molecule has 1 N–H and O–H groups in total. The Hall–Kier alpha value is -0.830. The summed E-state index contributed by atoms with van der Waals surface area (Å²) in [6.07, 6.45) is 13.6. The highest BCUT2D eigenvalue weighted by Gasteiger charge is 2.60. The summed E-state index contributed by atoms with van der Waals surface area (Å²) in [5, 5.41) is 10.4. The minimum atomic E-state index is -0.0398. The highest BCUT2D eigenvalue weighted by atomic mass is 16.5. The Kier molecular flexibility index (Phi) is 4.50. The van der Waals surface area contributed by atoms with Crippen molar-refractivity contribution in [2.75, 3.05) is 6.61 Å². The molecule has 0 heterocycles. The molecule has 3 heteroatoms. The number of carbonyl (C=O) groups is 1. The lowest BCUT2D eigenvalue weighted by molar-refractivity contribution is -0.160. The number of aliphatic hydroxyl groups is 1. The molecule has 25 heavy (non-hydrogen) atoms. The first-order chi connectivity index (χ1) is 12.0. The van der Waals surface area contributed by atoms with E-state index >= 15 is 0 Å². The van der Waals surface area contributed by atoms with Crippen LogP contribution in [0, 0.1) is 28.6 Å². The second-order valence-corrected chi connectivity index (χ2v) is 9.31. The van der Waals surface area contributed by atoms with Gasteiger partial charge in [0.05, 0.1) is 6.61 Å². The Morgan fingerprint density at radius 3 is 2.84 bits per heavy atom. The van der Waals surface area contributed by atoms with Crippen LogP contribution in [0.3, 0.4) is 0 Å². The predicted molar refractivity (Wildman–Crippen MR) is 97.9 cm³/mol. The average molecular weight is 347 g/mol. The van der Waals surface area contributed by atoms with Crippen LogP contribution in [0.1, 0.15) is 78.1 Å². The quantitative estimate of drug-likeness (QED) is 0.598. The maximum Gasteiger partial charge on any atom is 0.305 e. The van der Waals surface area contributed by atoms with E-state index in [0.717, 1.165) is 12.8 Å². The van der Waals surface area contributed by atoms with E-state index in [1.807, 2.05) is 6.92 Å². The fraction of sp³-hybridized carbons (Fsp3) is 0.864. The number of hydrogen-bond donors (Lipinski definition) is 1. The SMILES string of the molecule is CCC(=O)OC1CC[C@H]2[C@@H]3CCC4=CCCC[C@]4(CO)[C@@H]3CC[C@]12C. The van der Waals surface area contributed by atoms with Crippen LogP contribution >= 0.6 is 0 Å². The summed E-state index contributed by atoms with van der Waals surface area (Å²) >= 11 is 0. The van der Waals surface area contributed by atoms with Gasteiger partial charge >= 0.3 is 5.97 Å². The molecule has 0 aromatic rings. The molecule has 0 spiro atoms. The highest BCUT2D eigenvalue weighted by Crippen LogP contribution is 2.65. The van der Waals surface area contributed by atoms with Crippen LogP contribution in [0.15, 0.2) is 11.6 Å². The van der Waals surface area contributed by atoms with Crippen molar-refractivity contribution in [1.82, 2.24) is 0 Å². The van der Waals surface area contributed by atoms with Gasteiger partial charge in [0.15, 0.2) is 0 Å². The van der Waals surface area contributed by atoms with Crippen LogP contribution in [-0.2, 0) is 9.53 Å². The third-order valence-electron chi connectivity index (χ3n) is 8.51. The molecule has 0 aliphatic heterocycles. The zero-order valence-corrected chi connectivity index (χ0v) is 15.9. The van der Waals surface area contributed by atoms with Gasteiger partial charge in [-0.3, -0.25) is 4.79 Å². The van der Waals surface area contributed by atoms with Crippen molar-refractivity contribution in [2.24, 2.45) is 28.6 Å². The Morgan fingerprint density at radius 2 is 2.08 bits per heavy atom. The predicted octanol–water partition coefficient (Wildman–Crippen LogP) is 4.63. The summed E-state index contributed by atoms with van der Waals surface area (Å²) in [6, 6.07) is 0. The Balaban J connectivity index is 1.60. The van der Waals surface area contributed by atoms with Crippen LogP contribution < -0.4 is 0 Å². The summed E-state index contributed by atoms with van der Waals surface area (Å²) in [5.74, 6) is 1.96. The zero-order valence-electron chi connectivity index (χ0n) is 15.9. The van der Waals surface area contributed by atoms with Crippen molar-refractivity contribution >= 4 is 5.97 Å². The number of allylic oxidation sites excluding steroid dienone is 1. The van der Waals surface area contributed by atoms with Gasteiger partial charge < -0.3 is 9.84 Å². The minimum Gasteiger partial charge on any atom is -0.462 e. The van der Waals surface area contributed by atoms with Gasteiger partial charge in [-0.1, -0.05) is 25.5 Å². The van der Waals surface area contributed by atoms with Gasteiger partial charge in [0.25, 0.3) is 0 Å². The van der Waals surface area contributed by atoms with E-state index in [4.69, 9.17) is 4.74 Å². The van der Waals surface area contributed by atoms with Crippen molar-refractivity contribution in [3.05, 3.63) is 11.6 Å². The van der Waals surface area contributed by atoms with Gasteiger partial charge in [-0.25, -0.2) is 0 Å². The van der Waals surface area contributed by atoms with Gasteiger partial charge in [0.2, 0.25) is 0 Å². The minimum absolute atomic E-state index is 0.0398. The third kappa shape index (κ3) is 2.52. The smallest absolute Gasteiger partial charge is 0.305 e. The molecule has 6 atom stereocenters. The summed E-state index contributed by atoms with van der Waals surface area (Å²) in [6.45, 7) is 4.60. The largest absolute Gasteiger partial charge is 0.462 e. The molecule has 0 radical (unpaired) electrons. The summed E-state index contributed by atoms with van der Waals surface area (Å²) in [4.78, 5) is 11.9. The van der Waals surface area contributed by atoms with E-state index in [0.29, 0.717) is 30.8 Å². The molecule has 4 aliphatic carbocycles. The van der Waals surface area contributed by atoms with Gasteiger partial charge in [-0.15, -0.1) is 0 Å². The van der Waals surface area contributed by atoms with Gasteiger partial charge in [0, 0.05) is 17.3 Å². The maximum atomic E-state index is 11.9. The lowest BCUT2D eigenvalue weighted by Crippen LogP contribution is -2.53. The maximum absolute atomic E-state index is 11.9. The van der Waals surface area contributed by atoms with E-state index in [9.17, 15) is 9.90 Å². The van der Waals surface area contributed by atoms with Crippen molar-refractivity contribution in [1.29, 1.82) is 0 Å². The molecular weight excluding hydrogens is 312 g/mol. The fourth-order valence-electron chi connectivity index (χ4n) is 7.22. The number of rotatable bonds is 3. The number of fused-ring (bicyclic) bond motifs is 5. The first-order valence-corrected chi connectivity index (χ1v) is 10.5. The molecule has 0 amide bonds. The molecule has 4 aliphatic rings. The first kappa shape index (κ1) is 17.6. The number of aliphatic hydroxyl groups excluding tert-OH is 1. The van der Waals surface area contributed by atoms with Crippen LogP contribution in [0.2, 0.25) is 0 Å². The summed E-state index contributed by atoms with van der Waals surface area (Å²) in [5.41, 5.74) is 1.79. The molecule has 3 saturated carbocycles. The monoisotopic (exact) mass is 346 g/mol.